The van der Waals surface area contributed by atoms with Crippen LogP contribution in [0.5, 0.6) is 0 Å². The van der Waals surface area contributed by atoms with Gasteiger partial charge in [0, 0.05) is 31.2 Å². The maximum atomic E-state index is 8.94. The lowest BCUT2D eigenvalue weighted by molar-refractivity contribution is 0.200. The summed E-state index contributed by atoms with van der Waals surface area (Å²) >= 11 is 3.39. The number of benzene rings is 1. The average molecular weight is 298 g/mol. The molecule has 1 aromatic carbocycles. The van der Waals surface area contributed by atoms with Crippen LogP contribution in [0.3, 0.4) is 0 Å². The van der Waals surface area contributed by atoms with Gasteiger partial charge in [-0.15, -0.1) is 0 Å². The molecule has 0 aliphatic heterocycles. The fraction of sp³-hybridized carbons (Fsp3) is 0.417. The van der Waals surface area contributed by atoms with Gasteiger partial charge >= 0.3 is 0 Å². The molecule has 0 aliphatic carbocycles. The van der Waals surface area contributed by atoms with Gasteiger partial charge in [-0.2, -0.15) is 5.26 Å². The molecule has 1 aromatic rings. The molecule has 0 fully saturated rings. The molecule has 0 amide bonds. The van der Waals surface area contributed by atoms with Crippen LogP contribution in [-0.4, -0.2) is 33.4 Å². The van der Waals surface area contributed by atoms with Crippen molar-refractivity contribution >= 4 is 21.6 Å². The van der Waals surface area contributed by atoms with Crippen LogP contribution in [0, 0.1) is 11.3 Å². The van der Waals surface area contributed by atoms with Crippen molar-refractivity contribution in [3.8, 4) is 6.07 Å². The van der Waals surface area contributed by atoms with Gasteiger partial charge in [-0.25, -0.2) is 0 Å². The summed E-state index contributed by atoms with van der Waals surface area (Å²) < 4.78 is 5.89. The molecule has 0 radical (unpaired) electrons. The number of hydrogen-bond donors (Lipinski definition) is 2. The van der Waals surface area contributed by atoms with Gasteiger partial charge in [0.2, 0.25) is 0 Å². The van der Waals surface area contributed by atoms with Crippen LogP contribution in [0.25, 0.3) is 0 Å². The molecular formula is C12H16BrN3O. The third kappa shape index (κ3) is 5.18. The number of ether oxygens (including phenoxy) is 1. The fourth-order valence-electron chi connectivity index (χ4n) is 1.35. The second-order valence-corrected chi connectivity index (χ2v) is 4.39. The number of nitrogens with zero attached hydrogens (tertiary/aromatic N) is 1. The summed E-state index contributed by atoms with van der Waals surface area (Å²) in [5.74, 6) is 0. The normalized spacial score (nSPS) is 9.94. The van der Waals surface area contributed by atoms with E-state index in [0.717, 1.165) is 29.8 Å². The van der Waals surface area contributed by atoms with Crippen LogP contribution in [0.15, 0.2) is 22.7 Å². The van der Waals surface area contributed by atoms with Crippen molar-refractivity contribution in [3.63, 3.8) is 0 Å². The van der Waals surface area contributed by atoms with Crippen LogP contribution < -0.4 is 10.6 Å². The van der Waals surface area contributed by atoms with E-state index in [4.69, 9.17) is 10.00 Å². The highest BCUT2D eigenvalue weighted by Crippen LogP contribution is 2.20. The number of nitrogens with one attached hydrogen (secondary N) is 2. The Bertz CT molecular complexity index is 390. The molecule has 0 atom stereocenters. The quantitative estimate of drug-likeness (QED) is 0.756. The number of rotatable bonds is 7. The molecule has 0 bridgehead atoms. The van der Waals surface area contributed by atoms with Crippen molar-refractivity contribution in [2.24, 2.45) is 0 Å². The van der Waals surface area contributed by atoms with Crippen molar-refractivity contribution < 1.29 is 4.74 Å². The first-order valence-corrected chi connectivity index (χ1v) is 6.20. The summed E-state index contributed by atoms with van der Waals surface area (Å²) in [5, 5.41) is 15.4. The molecule has 0 aliphatic rings. The molecule has 5 heteroatoms. The topological polar surface area (TPSA) is 57.1 Å². The first kappa shape index (κ1) is 14.0. The molecular weight excluding hydrogens is 282 g/mol. The van der Waals surface area contributed by atoms with Crippen molar-refractivity contribution in [2.75, 3.05) is 38.7 Å². The third-order valence-corrected chi connectivity index (χ3v) is 2.70. The zero-order valence-electron chi connectivity index (χ0n) is 9.79. The highest BCUT2D eigenvalue weighted by molar-refractivity contribution is 9.10. The predicted octanol–water partition coefficient (Wildman–Crippen LogP) is 1.97. The van der Waals surface area contributed by atoms with Crippen LogP contribution in [0.4, 0.5) is 5.69 Å². The number of halogens is 1. The smallest absolute Gasteiger partial charge is 0.101 e. The predicted molar refractivity (Wildman–Crippen MR) is 72.1 cm³/mol. The number of hydrogen-bond acceptors (Lipinski definition) is 4. The van der Waals surface area contributed by atoms with E-state index >= 15 is 0 Å². The average Bonchev–Trinajstić information content (AvgIpc) is 2.34. The van der Waals surface area contributed by atoms with E-state index in [9.17, 15) is 0 Å². The summed E-state index contributed by atoms with van der Waals surface area (Å²) in [6.45, 7) is 3.15. The van der Waals surface area contributed by atoms with E-state index < -0.39 is 0 Å². The Morgan fingerprint density at radius 2 is 2.18 bits per heavy atom. The fourth-order valence-corrected chi connectivity index (χ4v) is 1.71. The first-order chi connectivity index (χ1) is 8.27. The van der Waals surface area contributed by atoms with Gasteiger partial charge in [0.25, 0.3) is 0 Å². The number of methoxy groups -OCH3 is 1. The molecule has 1 rings (SSSR count). The minimum Gasteiger partial charge on any atom is -0.383 e. The van der Waals surface area contributed by atoms with Crippen molar-refractivity contribution in [1.29, 1.82) is 5.26 Å². The van der Waals surface area contributed by atoms with E-state index in [2.05, 4.69) is 32.6 Å². The maximum absolute atomic E-state index is 8.94. The maximum Gasteiger partial charge on any atom is 0.101 e. The standard InChI is InChI=1S/C12H16BrN3O/c1-17-7-6-15-4-5-16-12-8-11(13)3-2-10(12)9-14/h2-3,8,15-16H,4-7H2,1H3. The van der Waals surface area contributed by atoms with E-state index in [1.54, 1.807) is 13.2 Å². The molecule has 0 saturated carbocycles. The van der Waals surface area contributed by atoms with Gasteiger partial charge in [0.05, 0.1) is 17.9 Å². The van der Waals surface area contributed by atoms with Gasteiger partial charge in [-0.3, -0.25) is 0 Å². The van der Waals surface area contributed by atoms with Crippen molar-refractivity contribution in [1.82, 2.24) is 5.32 Å². The number of nitriles is 1. The Kier molecular flexibility index (Phi) is 6.63. The van der Waals surface area contributed by atoms with Crippen molar-refractivity contribution in [3.05, 3.63) is 28.2 Å². The lowest BCUT2D eigenvalue weighted by atomic mass is 10.2. The Morgan fingerprint density at radius 3 is 2.88 bits per heavy atom. The second-order valence-electron chi connectivity index (χ2n) is 3.47. The molecule has 17 heavy (non-hydrogen) atoms. The van der Waals surface area contributed by atoms with Crippen LogP contribution in [0.2, 0.25) is 0 Å². The molecule has 0 aromatic heterocycles. The molecule has 4 nitrogen and oxygen atoms in total. The van der Waals surface area contributed by atoms with E-state index in [0.29, 0.717) is 12.2 Å². The van der Waals surface area contributed by atoms with Gasteiger partial charge < -0.3 is 15.4 Å². The molecule has 0 heterocycles. The van der Waals surface area contributed by atoms with E-state index in [1.807, 2.05) is 12.1 Å². The minimum absolute atomic E-state index is 0.657. The molecule has 0 spiro atoms. The summed E-state index contributed by atoms with van der Waals surface area (Å²) in [4.78, 5) is 0. The number of anilines is 1. The zero-order chi connectivity index (χ0) is 12.5. The van der Waals surface area contributed by atoms with Crippen LogP contribution in [-0.2, 0) is 4.74 Å². The van der Waals surface area contributed by atoms with Gasteiger partial charge in [-0.05, 0) is 18.2 Å². The lowest BCUT2D eigenvalue weighted by Gasteiger charge is -2.09. The summed E-state index contributed by atoms with van der Waals surface area (Å²) in [6.07, 6.45) is 0. The van der Waals surface area contributed by atoms with E-state index in [1.165, 1.54) is 0 Å². The van der Waals surface area contributed by atoms with Gasteiger partial charge in [-0.1, -0.05) is 15.9 Å². The summed E-state index contributed by atoms with van der Waals surface area (Å²) in [6, 6.07) is 7.73. The highest BCUT2D eigenvalue weighted by Gasteiger charge is 2.01. The SMILES string of the molecule is COCCNCCNc1cc(Br)ccc1C#N. The Labute approximate surface area is 110 Å². The highest BCUT2D eigenvalue weighted by atomic mass is 79.9. The Morgan fingerprint density at radius 1 is 1.35 bits per heavy atom. The second kappa shape index (κ2) is 8.07. The van der Waals surface area contributed by atoms with Crippen molar-refractivity contribution in [2.45, 2.75) is 0 Å². The Balaban J connectivity index is 2.36. The van der Waals surface area contributed by atoms with E-state index in [-0.39, 0.29) is 0 Å². The molecule has 0 unspecified atom stereocenters. The summed E-state index contributed by atoms with van der Waals surface area (Å²) in [5.41, 5.74) is 1.51. The first-order valence-electron chi connectivity index (χ1n) is 5.41. The van der Waals surface area contributed by atoms with Crippen LogP contribution in [0.1, 0.15) is 5.56 Å². The molecule has 0 saturated heterocycles. The Hall–Kier alpha value is -1.09. The minimum atomic E-state index is 0.657. The lowest BCUT2D eigenvalue weighted by Crippen LogP contribution is -2.25. The zero-order valence-corrected chi connectivity index (χ0v) is 11.4. The summed E-state index contributed by atoms with van der Waals surface area (Å²) in [7, 11) is 1.68. The molecule has 92 valence electrons. The largest absolute Gasteiger partial charge is 0.383 e. The third-order valence-electron chi connectivity index (χ3n) is 2.20. The van der Waals surface area contributed by atoms with Gasteiger partial charge in [0.1, 0.15) is 6.07 Å². The van der Waals surface area contributed by atoms with Gasteiger partial charge in [0.15, 0.2) is 0 Å². The monoisotopic (exact) mass is 297 g/mol. The molecule has 2 N–H and O–H groups in total. The van der Waals surface area contributed by atoms with Crippen LogP contribution >= 0.6 is 15.9 Å².